The fourth-order valence-electron chi connectivity index (χ4n) is 2.66. The Labute approximate surface area is 127 Å². The van der Waals surface area contributed by atoms with Gasteiger partial charge in [-0.1, -0.05) is 6.07 Å². The molecule has 2 aromatic heterocycles. The van der Waals surface area contributed by atoms with Crippen LogP contribution in [0.1, 0.15) is 28.6 Å². The number of amides is 1. The van der Waals surface area contributed by atoms with Crippen molar-refractivity contribution in [2.24, 2.45) is 0 Å². The molecule has 1 fully saturated rings. The van der Waals surface area contributed by atoms with E-state index in [9.17, 15) is 4.79 Å². The molecule has 1 aliphatic heterocycles. The number of nitrogens with zero attached hydrogens (tertiary/aromatic N) is 2. The molecule has 112 valence electrons. The number of aryl methyl sites for hydroxylation is 2. The first kappa shape index (κ1) is 14.3. The second kappa shape index (κ2) is 6.41. The van der Waals surface area contributed by atoms with Crippen molar-refractivity contribution in [3.05, 3.63) is 39.8 Å². The van der Waals surface area contributed by atoms with Crippen molar-refractivity contribution in [3.63, 3.8) is 0 Å². The van der Waals surface area contributed by atoms with E-state index in [0.29, 0.717) is 26.2 Å². The lowest BCUT2D eigenvalue weighted by Crippen LogP contribution is -2.43. The monoisotopic (exact) mass is 305 g/mol. The Hall–Kier alpha value is -1.66. The summed E-state index contributed by atoms with van der Waals surface area (Å²) in [4.78, 5) is 15.7. The number of nitrogens with one attached hydrogen (secondary N) is 1. The summed E-state index contributed by atoms with van der Waals surface area (Å²) >= 11 is 1.70. The number of hydrogen-bond acceptors (Lipinski definition) is 4. The van der Waals surface area contributed by atoms with Crippen LogP contribution < -0.4 is 0 Å². The Morgan fingerprint density at radius 3 is 3.24 bits per heavy atom. The molecule has 0 radical (unpaired) electrons. The van der Waals surface area contributed by atoms with Crippen molar-refractivity contribution >= 4 is 17.2 Å². The quantitative estimate of drug-likeness (QED) is 0.943. The number of carbonyl (C=O) groups is 1. The molecule has 0 spiro atoms. The lowest BCUT2D eigenvalue weighted by atomic mass is 10.1. The van der Waals surface area contributed by atoms with Crippen LogP contribution in [0.25, 0.3) is 0 Å². The molecule has 3 rings (SSSR count). The predicted molar refractivity (Wildman–Crippen MR) is 81.2 cm³/mol. The lowest BCUT2D eigenvalue weighted by Gasteiger charge is -2.35. The summed E-state index contributed by atoms with van der Waals surface area (Å²) in [5, 5.41) is 9.12. The number of aromatic amines is 1. The van der Waals surface area contributed by atoms with Crippen molar-refractivity contribution in [1.82, 2.24) is 15.1 Å². The SMILES string of the molecule is Cc1cn[nH]c1[C@@H]1COCCN1C(=O)CCc1cccs1. The first-order valence-electron chi connectivity index (χ1n) is 7.15. The maximum Gasteiger partial charge on any atom is 0.223 e. The van der Waals surface area contributed by atoms with Crippen molar-refractivity contribution in [3.8, 4) is 0 Å². The molecular formula is C15H19N3O2S. The van der Waals surface area contributed by atoms with Crippen LogP contribution in [0.5, 0.6) is 0 Å². The summed E-state index contributed by atoms with van der Waals surface area (Å²) in [5.41, 5.74) is 2.06. The molecule has 0 saturated carbocycles. The third-order valence-corrected chi connectivity index (χ3v) is 4.75. The zero-order valence-corrected chi connectivity index (χ0v) is 12.9. The molecule has 0 aromatic carbocycles. The van der Waals surface area contributed by atoms with Gasteiger partial charge in [0, 0.05) is 17.8 Å². The number of carbonyl (C=O) groups excluding carboxylic acids is 1. The number of aromatic nitrogens is 2. The van der Waals surface area contributed by atoms with Crippen LogP contribution in [0.15, 0.2) is 23.7 Å². The third kappa shape index (κ3) is 3.16. The van der Waals surface area contributed by atoms with E-state index in [0.717, 1.165) is 17.7 Å². The number of thiophene rings is 1. The maximum absolute atomic E-state index is 12.6. The van der Waals surface area contributed by atoms with Crippen molar-refractivity contribution in [1.29, 1.82) is 0 Å². The van der Waals surface area contributed by atoms with Crippen molar-refractivity contribution < 1.29 is 9.53 Å². The van der Waals surface area contributed by atoms with Crippen molar-refractivity contribution in [2.45, 2.75) is 25.8 Å². The molecule has 5 nitrogen and oxygen atoms in total. The normalized spacial score (nSPS) is 18.9. The molecule has 21 heavy (non-hydrogen) atoms. The zero-order chi connectivity index (χ0) is 14.7. The minimum atomic E-state index is -0.0444. The number of H-pyrrole nitrogens is 1. The summed E-state index contributed by atoms with van der Waals surface area (Å²) in [6, 6.07) is 4.06. The molecule has 1 saturated heterocycles. The van der Waals surface area contributed by atoms with E-state index in [2.05, 4.69) is 16.3 Å². The molecule has 0 unspecified atom stereocenters. The Morgan fingerprint density at radius 2 is 2.52 bits per heavy atom. The van der Waals surface area contributed by atoms with Gasteiger partial charge in [-0.15, -0.1) is 11.3 Å². The van der Waals surface area contributed by atoms with E-state index in [1.165, 1.54) is 4.88 Å². The molecule has 1 atom stereocenters. The first-order chi connectivity index (χ1) is 10.3. The average molecular weight is 305 g/mol. The fourth-order valence-corrected chi connectivity index (χ4v) is 3.37. The molecule has 2 aromatic rings. The predicted octanol–water partition coefficient (Wildman–Crippen LogP) is 2.31. The van der Waals surface area contributed by atoms with Gasteiger partial charge in [0.15, 0.2) is 0 Å². The van der Waals surface area contributed by atoms with Crippen LogP contribution in [-0.4, -0.2) is 40.8 Å². The summed E-state index contributed by atoms with van der Waals surface area (Å²) in [6.45, 7) is 3.79. The van der Waals surface area contributed by atoms with Gasteiger partial charge in [0.05, 0.1) is 31.1 Å². The highest BCUT2D eigenvalue weighted by atomic mass is 32.1. The highest BCUT2D eigenvalue weighted by molar-refractivity contribution is 7.09. The second-order valence-corrected chi connectivity index (χ2v) is 6.26. The van der Waals surface area contributed by atoms with E-state index in [4.69, 9.17) is 4.74 Å². The van der Waals surface area contributed by atoms with Crippen LogP contribution in [-0.2, 0) is 16.0 Å². The average Bonchev–Trinajstić information content (AvgIpc) is 3.16. The number of ether oxygens (including phenoxy) is 1. The van der Waals surface area contributed by atoms with Gasteiger partial charge in [-0.05, 0) is 30.4 Å². The minimum absolute atomic E-state index is 0.0444. The molecule has 3 heterocycles. The van der Waals surface area contributed by atoms with Crippen LogP contribution in [0, 0.1) is 6.92 Å². The van der Waals surface area contributed by atoms with E-state index in [1.54, 1.807) is 17.5 Å². The minimum Gasteiger partial charge on any atom is -0.377 e. The van der Waals surface area contributed by atoms with E-state index < -0.39 is 0 Å². The number of rotatable bonds is 4. The highest BCUT2D eigenvalue weighted by Gasteiger charge is 2.30. The van der Waals surface area contributed by atoms with Gasteiger partial charge >= 0.3 is 0 Å². The molecule has 0 bridgehead atoms. The van der Waals surface area contributed by atoms with Crippen LogP contribution in [0.4, 0.5) is 0 Å². The van der Waals surface area contributed by atoms with Gasteiger partial charge in [0.1, 0.15) is 0 Å². The highest BCUT2D eigenvalue weighted by Crippen LogP contribution is 2.26. The van der Waals surface area contributed by atoms with Crippen molar-refractivity contribution in [2.75, 3.05) is 19.8 Å². The van der Waals surface area contributed by atoms with Gasteiger partial charge in [-0.3, -0.25) is 9.89 Å². The Kier molecular flexibility index (Phi) is 4.36. The van der Waals surface area contributed by atoms with E-state index >= 15 is 0 Å². The Balaban J connectivity index is 1.69. The van der Waals surface area contributed by atoms with Crippen LogP contribution in [0.3, 0.4) is 0 Å². The fraction of sp³-hybridized carbons (Fsp3) is 0.467. The standard InChI is InChI=1S/C15H19N3O2S/c1-11-9-16-17-15(11)13-10-20-7-6-18(13)14(19)5-4-12-3-2-8-21-12/h2-3,8-9,13H,4-7,10H2,1H3,(H,16,17)/t13-/m0/s1. The molecule has 1 N–H and O–H groups in total. The van der Waals surface area contributed by atoms with Gasteiger partial charge < -0.3 is 9.64 Å². The Bertz CT molecular complexity index is 594. The van der Waals surface area contributed by atoms with Gasteiger partial charge in [-0.2, -0.15) is 5.10 Å². The summed E-state index contributed by atoms with van der Waals surface area (Å²) in [7, 11) is 0. The van der Waals surface area contributed by atoms with E-state index in [1.807, 2.05) is 23.3 Å². The lowest BCUT2D eigenvalue weighted by molar-refractivity contribution is -0.140. The molecule has 6 heteroatoms. The molecule has 1 amide bonds. The molecule has 0 aliphatic carbocycles. The topological polar surface area (TPSA) is 58.2 Å². The number of morpholine rings is 1. The third-order valence-electron chi connectivity index (χ3n) is 3.82. The Morgan fingerprint density at radius 1 is 1.62 bits per heavy atom. The molecule has 1 aliphatic rings. The van der Waals surface area contributed by atoms with Gasteiger partial charge in [-0.25, -0.2) is 0 Å². The first-order valence-corrected chi connectivity index (χ1v) is 8.03. The van der Waals surface area contributed by atoms with Crippen LogP contribution >= 0.6 is 11.3 Å². The number of hydrogen-bond donors (Lipinski definition) is 1. The maximum atomic E-state index is 12.6. The largest absolute Gasteiger partial charge is 0.377 e. The summed E-state index contributed by atoms with van der Waals surface area (Å²) < 4.78 is 5.55. The van der Waals surface area contributed by atoms with Gasteiger partial charge in [0.2, 0.25) is 5.91 Å². The zero-order valence-electron chi connectivity index (χ0n) is 12.0. The van der Waals surface area contributed by atoms with Gasteiger partial charge in [0.25, 0.3) is 0 Å². The van der Waals surface area contributed by atoms with E-state index in [-0.39, 0.29) is 11.9 Å². The van der Waals surface area contributed by atoms with Crippen LogP contribution in [0.2, 0.25) is 0 Å². The smallest absolute Gasteiger partial charge is 0.223 e. The molecular weight excluding hydrogens is 286 g/mol. The second-order valence-electron chi connectivity index (χ2n) is 5.22. The summed E-state index contributed by atoms with van der Waals surface area (Å²) in [6.07, 6.45) is 3.14. The summed E-state index contributed by atoms with van der Waals surface area (Å²) in [5.74, 6) is 0.186.